The molecule has 0 radical (unpaired) electrons. The Bertz CT molecular complexity index is 797. The molecule has 1 aliphatic rings. The Morgan fingerprint density at radius 2 is 2.04 bits per heavy atom. The van der Waals surface area contributed by atoms with Crippen molar-refractivity contribution in [2.75, 3.05) is 31.1 Å². The molecule has 0 N–H and O–H groups in total. The van der Waals surface area contributed by atoms with Gasteiger partial charge in [-0.25, -0.2) is 0 Å². The second-order valence-corrected chi connectivity index (χ2v) is 6.16. The summed E-state index contributed by atoms with van der Waals surface area (Å²) < 4.78 is 37.9. The van der Waals surface area contributed by atoms with E-state index in [4.69, 9.17) is 0 Å². The zero-order valence-corrected chi connectivity index (χ0v) is 13.5. The molecule has 2 heterocycles. The van der Waals surface area contributed by atoms with Crippen LogP contribution in [0.5, 0.6) is 0 Å². The summed E-state index contributed by atoms with van der Waals surface area (Å²) in [7, 11) is 0. The summed E-state index contributed by atoms with van der Waals surface area (Å²) in [4.78, 5) is 18.1. The molecule has 0 bridgehead atoms. The second kappa shape index (κ2) is 6.47. The average molecular weight is 354 g/mol. The first kappa shape index (κ1) is 17.4. The number of hydrogen-bond acceptors (Lipinski definition) is 5. The van der Waals surface area contributed by atoms with Crippen molar-refractivity contribution in [1.29, 1.82) is 0 Å². The van der Waals surface area contributed by atoms with Crippen molar-refractivity contribution >= 4 is 22.1 Å². The first-order valence-electron chi connectivity index (χ1n) is 7.83. The molecule has 1 saturated heterocycles. The van der Waals surface area contributed by atoms with Gasteiger partial charge in [-0.1, -0.05) is 0 Å². The number of rotatable bonds is 3. The van der Waals surface area contributed by atoms with Crippen LogP contribution in [0.1, 0.15) is 6.92 Å². The van der Waals surface area contributed by atoms with E-state index >= 15 is 0 Å². The van der Waals surface area contributed by atoms with Gasteiger partial charge in [0.1, 0.15) is 0 Å². The molecule has 25 heavy (non-hydrogen) atoms. The van der Waals surface area contributed by atoms with Crippen LogP contribution in [0, 0.1) is 10.1 Å². The van der Waals surface area contributed by atoms with Gasteiger partial charge in [-0.15, -0.1) is 0 Å². The number of piperazine rings is 1. The summed E-state index contributed by atoms with van der Waals surface area (Å²) in [5.41, 5.74) is 0.747. The molecule has 1 atom stereocenters. The minimum absolute atomic E-state index is 0.0318. The lowest BCUT2D eigenvalue weighted by Crippen LogP contribution is -2.54. The lowest BCUT2D eigenvalue weighted by Gasteiger charge is -2.41. The van der Waals surface area contributed by atoms with E-state index in [0.717, 1.165) is 5.69 Å². The third kappa shape index (κ3) is 3.65. The maximum absolute atomic E-state index is 12.6. The molecule has 1 aromatic heterocycles. The number of halogens is 3. The number of hydrogen-bond donors (Lipinski definition) is 0. The molecule has 0 saturated carbocycles. The summed E-state index contributed by atoms with van der Waals surface area (Å²) in [6.45, 7) is 1.96. The minimum Gasteiger partial charge on any atom is -0.368 e. The van der Waals surface area contributed by atoms with Gasteiger partial charge < -0.3 is 4.90 Å². The number of anilines is 1. The van der Waals surface area contributed by atoms with Crippen molar-refractivity contribution in [3.05, 3.63) is 40.7 Å². The minimum atomic E-state index is -4.22. The zero-order valence-electron chi connectivity index (χ0n) is 13.5. The highest BCUT2D eigenvalue weighted by Crippen LogP contribution is 2.34. The summed E-state index contributed by atoms with van der Waals surface area (Å²) in [5.74, 6) is 0. The number of nitro groups is 1. The van der Waals surface area contributed by atoms with E-state index in [1.54, 1.807) is 25.3 Å². The van der Waals surface area contributed by atoms with Crippen LogP contribution in [0.25, 0.3) is 10.8 Å². The van der Waals surface area contributed by atoms with Gasteiger partial charge >= 0.3 is 6.18 Å². The quantitative estimate of drug-likeness (QED) is 0.626. The van der Waals surface area contributed by atoms with E-state index < -0.39 is 17.6 Å². The van der Waals surface area contributed by atoms with Crippen molar-refractivity contribution in [2.24, 2.45) is 0 Å². The molecule has 1 fully saturated rings. The average Bonchev–Trinajstić information content (AvgIpc) is 2.54. The van der Waals surface area contributed by atoms with Gasteiger partial charge in [0.05, 0.1) is 16.9 Å². The Kier molecular flexibility index (Phi) is 4.51. The number of nitro benzene ring substituents is 1. The van der Waals surface area contributed by atoms with Crippen molar-refractivity contribution in [1.82, 2.24) is 9.88 Å². The van der Waals surface area contributed by atoms with Crippen LogP contribution in [-0.4, -0.2) is 53.2 Å². The molecule has 0 aliphatic carbocycles. The largest absolute Gasteiger partial charge is 0.401 e. The van der Waals surface area contributed by atoms with Crippen molar-refractivity contribution in [3.8, 4) is 0 Å². The van der Waals surface area contributed by atoms with E-state index in [0.29, 0.717) is 23.9 Å². The van der Waals surface area contributed by atoms with Crippen LogP contribution >= 0.6 is 0 Å². The molecule has 0 spiro atoms. The summed E-state index contributed by atoms with van der Waals surface area (Å²) in [6.07, 6.45) is -1.22. The van der Waals surface area contributed by atoms with Crippen LogP contribution < -0.4 is 4.90 Å². The summed E-state index contributed by atoms with van der Waals surface area (Å²) >= 11 is 0. The maximum Gasteiger partial charge on any atom is 0.401 e. The Balaban J connectivity index is 1.89. The van der Waals surface area contributed by atoms with Crippen LogP contribution in [0.4, 0.5) is 24.5 Å². The molecular weight excluding hydrogens is 337 g/mol. The van der Waals surface area contributed by atoms with Crippen molar-refractivity contribution in [2.45, 2.75) is 19.1 Å². The highest BCUT2D eigenvalue weighted by atomic mass is 19.4. The van der Waals surface area contributed by atoms with E-state index in [1.165, 1.54) is 17.2 Å². The Hall–Kier alpha value is -2.42. The van der Waals surface area contributed by atoms with Gasteiger partial charge in [0.25, 0.3) is 5.69 Å². The van der Waals surface area contributed by atoms with Gasteiger partial charge in [-0.2, -0.15) is 13.2 Å². The highest BCUT2D eigenvalue weighted by molar-refractivity contribution is 5.99. The summed E-state index contributed by atoms with van der Waals surface area (Å²) in [5, 5.41) is 12.3. The van der Waals surface area contributed by atoms with E-state index in [-0.39, 0.29) is 18.3 Å². The smallest absolute Gasteiger partial charge is 0.368 e. The number of non-ortho nitro benzene ring substituents is 1. The van der Waals surface area contributed by atoms with E-state index in [9.17, 15) is 23.3 Å². The van der Waals surface area contributed by atoms with E-state index in [2.05, 4.69) is 4.98 Å². The fourth-order valence-corrected chi connectivity index (χ4v) is 3.27. The lowest BCUT2D eigenvalue weighted by atomic mass is 10.1. The number of alkyl halides is 3. The van der Waals surface area contributed by atoms with Crippen LogP contribution in [0.15, 0.2) is 30.6 Å². The Morgan fingerprint density at radius 3 is 2.68 bits per heavy atom. The molecule has 9 heteroatoms. The molecule has 1 unspecified atom stereocenters. The second-order valence-electron chi connectivity index (χ2n) is 6.16. The molecule has 0 amide bonds. The predicted octanol–water partition coefficient (Wildman–Crippen LogP) is 3.22. The standard InChI is InChI=1S/C16H17F3N4O2/c1-11-9-21(6-7-22(11)10-16(17,18)19)14-2-3-15(23(24)25)13-8-20-5-4-12(13)14/h2-5,8,11H,6-7,9-10H2,1H3. The van der Waals surface area contributed by atoms with Crippen molar-refractivity contribution < 1.29 is 18.1 Å². The van der Waals surface area contributed by atoms with Gasteiger partial charge in [0.15, 0.2) is 0 Å². The molecule has 3 rings (SSSR count). The number of fused-ring (bicyclic) bond motifs is 1. The first-order chi connectivity index (χ1) is 11.8. The fourth-order valence-electron chi connectivity index (χ4n) is 3.27. The van der Waals surface area contributed by atoms with Crippen molar-refractivity contribution in [3.63, 3.8) is 0 Å². The predicted molar refractivity (Wildman–Crippen MR) is 87.7 cm³/mol. The highest BCUT2D eigenvalue weighted by Gasteiger charge is 2.35. The topological polar surface area (TPSA) is 62.5 Å². The molecule has 1 aliphatic heterocycles. The first-order valence-corrected chi connectivity index (χ1v) is 7.83. The van der Waals surface area contributed by atoms with Gasteiger partial charge in [-0.3, -0.25) is 20.0 Å². The monoisotopic (exact) mass is 354 g/mol. The normalized spacial score (nSPS) is 19.4. The molecular formula is C16H17F3N4O2. The molecule has 2 aromatic rings. The zero-order chi connectivity index (χ0) is 18.2. The summed E-state index contributed by atoms with van der Waals surface area (Å²) in [6, 6.07) is 4.51. The van der Waals surface area contributed by atoms with Crippen LogP contribution in [-0.2, 0) is 0 Å². The van der Waals surface area contributed by atoms with E-state index in [1.807, 2.05) is 4.90 Å². The third-order valence-electron chi connectivity index (χ3n) is 4.46. The van der Waals surface area contributed by atoms with Gasteiger partial charge in [0.2, 0.25) is 0 Å². The third-order valence-corrected chi connectivity index (χ3v) is 4.46. The molecule has 134 valence electrons. The molecule has 1 aromatic carbocycles. The SMILES string of the molecule is CC1CN(c2ccc([N+](=O)[O-])c3cnccc23)CCN1CC(F)(F)F. The fraction of sp³-hybridized carbons (Fsp3) is 0.438. The maximum atomic E-state index is 12.6. The van der Waals surface area contributed by atoms with Gasteiger partial charge in [0, 0.05) is 55.2 Å². The van der Waals surface area contributed by atoms with Gasteiger partial charge in [-0.05, 0) is 19.1 Å². The van der Waals surface area contributed by atoms with Crippen LogP contribution in [0.2, 0.25) is 0 Å². The number of pyridine rings is 1. The number of nitrogens with zero attached hydrogens (tertiary/aromatic N) is 4. The Morgan fingerprint density at radius 1 is 1.28 bits per heavy atom. The van der Waals surface area contributed by atoms with Crippen LogP contribution in [0.3, 0.4) is 0 Å². The number of aromatic nitrogens is 1. The lowest BCUT2D eigenvalue weighted by molar-refractivity contribution is -0.383. The number of benzene rings is 1. The Labute approximate surface area is 142 Å². The molecule has 6 nitrogen and oxygen atoms in total.